The van der Waals surface area contributed by atoms with Gasteiger partial charge in [-0.15, -0.1) is 0 Å². The molecule has 1 rings (SSSR count). The van der Waals surface area contributed by atoms with Gasteiger partial charge in [-0.25, -0.2) is 13.2 Å². The van der Waals surface area contributed by atoms with Crippen molar-refractivity contribution in [2.45, 2.75) is 5.92 Å². The minimum absolute atomic E-state index is 0.101. The third-order valence-electron chi connectivity index (χ3n) is 1.84. The minimum atomic E-state index is -2.27. The number of rotatable bonds is 3. The fraction of sp³-hybridized carbons (Fsp3) is 0.111. The molecule has 0 aromatic heterocycles. The van der Waals surface area contributed by atoms with E-state index in [0.717, 1.165) is 0 Å². The molecule has 0 radical (unpaired) electrons. The van der Waals surface area contributed by atoms with Gasteiger partial charge in [0.15, 0.2) is 17.6 Å². The molecule has 1 aromatic rings. The van der Waals surface area contributed by atoms with Crippen molar-refractivity contribution < 1.29 is 33.0 Å². The first-order valence-electron chi connectivity index (χ1n) is 3.94. The van der Waals surface area contributed by atoms with Gasteiger partial charge in [-0.1, -0.05) is 0 Å². The number of aliphatic carboxylic acids is 2. The fourth-order valence-electron chi connectivity index (χ4n) is 1.13. The van der Waals surface area contributed by atoms with Crippen LogP contribution in [0.1, 0.15) is 11.5 Å². The Kier molecular flexibility index (Phi) is 3.17. The second kappa shape index (κ2) is 4.21. The maximum absolute atomic E-state index is 13.1. The molecule has 0 heterocycles. The van der Waals surface area contributed by atoms with E-state index < -0.39 is 40.9 Å². The molecule has 16 heavy (non-hydrogen) atoms. The second-order valence-electron chi connectivity index (χ2n) is 2.90. The van der Waals surface area contributed by atoms with Gasteiger partial charge in [0.2, 0.25) is 0 Å². The molecule has 0 aliphatic carbocycles. The summed E-state index contributed by atoms with van der Waals surface area (Å²) in [6.45, 7) is 0. The van der Waals surface area contributed by atoms with E-state index >= 15 is 0 Å². The van der Waals surface area contributed by atoms with Gasteiger partial charge < -0.3 is 10.2 Å². The Morgan fingerprint density at radius 3 is 1.81 bits per heavy atom. The van der Waals surface area contributed by atoms with Crippen LogP contribution < -0.4 is 0 Å². The van der Waals surface area contributed by atoms with E-state index in [4.69, 9.17) is 10.2 Å². The number of carbonyl (C=O) groups is 2. The number of benzene rings is 1. The molecule has 0 atom stereocenters. The monoisotopic (exact) mass is 234 g/mol. The Balaban J connectivity index is 3.35. The minimum Gasteiger partial charge on any atom is -0.480 e. The molecule has 2 N–H and O–H groups in total. The molecule has 0 saturated heterocycles. The van der Waals surface area contributed by atoms with Gasteiger partial charge >= 0.3 is 11.9 Å². The zero-order chi connectivity index (χ0) is 12.5. The third-order valence-corrected chi connectivity index (χ3v) is 1.84. The molecule has 0 saturated carbocycles. The normalized spacial score (nSPS) is 10.5. The Morgan fingerprint density at radius 2 is 1.38 bits per heavy atom. The average Bonchev–Trinajstić information content (AvgIpc) is 2.12. The molecular weight excluding hydrogens is 229 g/mol. The highest BCUT2D eigenvalue weighted by Crippen LogP contribution is 2.22. The van der Waals surface area contributed by atoms with Gasteiger partial charge in [0.05, 0.1) is 0 Å². The third kappa shape index (κ3) is 2.13. The topological polar surface area (TPSA) is 74.6 Å². The van der Waals surface area contributed by atoms with E-state index in [-0.39, 0.29) is 12.1 Å². The van der Waals surface area contributed by atoms with Gasteiger partial charge in [0, 0.05) is 11.6 Å². The van der Waals surface area contributed by atoms with E-state index in [1.807, 2.05) is 0 Å². The summed E-state index contributed by atoms with van der Waals surface area (Å²) in [6, 6.07) is 0.321. The first-order valence-corrected chi connectivity index (χ1v) is 3.94. The molecule has 0 aliphatic rings. The SMILES string of the molecule is O=C(O)C(C(=O)O)c1cc(F)c(F)cc1F. The lowest BCUT2D eigenvalue weighted by Gasteiger charge is -2.09. The molecule has 0 fully saturated rings. The van der Waals surface area contributed by atoms with Crippen LogP contribution in [0.4, 0.5) is 13.2 Å². The standard InChI is InChI=1S/C9H5F3O4/c10-4-2-6(12)5(11)1-3(4)7(8(13)14)9(15)16/h1-2,7H,(H,13,14)(H,15,16). The zero-order valence-electron chi connectivity index (χ0n) is 7.58. The summed E-state index contributed by atoms with van der Waals surface area (Å²) in [6.07, 6.45) is 0. The van der Waals surface area contributed by atoms with Crippen LogP contribution in [0.2, 0.25) is 0 Å². The highest BCUT2D eigenvalue weighted by Gasteiger charge is 2.31. The molecule has 0 amide bonds. The highest BCUT2D eigenvalue weighted by molar-refractivity contribution is 5.99. The number of hydrogen-bond acceptors (Lipinski definition) is 2. The Labute approximate surface area is 86.9 Å². The predicted molar refractivity (Wildman–Crippen MR) is 44.3 cm³/mol. The van der Waals surface area contributed by atoms with Crippen LogP contribution in [-0.4, -0.2) is 22.2 Å². The Morgan fingerprint density at radius 1 is 0.938 bits per heavy atom. The summed E-state index contributed by atoms with van der Waals surface area (Å²) in [5.74, 6) is -10.4. The summed E-state index contributed by atoms with van der Waals surface area (Å²) in [5, 5.41) is 17.0. The molecule has 0 unspecified atom stereocenters. The molecule has 0 spiro atoms. The van der Waals surface area contributed by atoms with E-state index in [1.54, 1.807) is 0 Å². The lowest BCUT2D eigenvalue weighted by Crippen LogP contribution is -2.22. The zero-order valence-corrected chi connectivity index (χ0v) is 7.58. The predicted octanol–water partition coefficient (Wildman–Crippen LogP) is 1.36. The Hall–Kier alpha value is -2.05. The summed E-state index contributed by atoms with van der Waals surface area (Å²) >= 11 is 0. The molecule has 7 heteroatoms. The highest BCUT2D eigenvalue weighted by atomic mass is 19.2. The number of carboxylic acid groups (broad SMARTS) is 2. The average molecular weight is 234 g/mol. The first kappa shape index (κ1) is 12.0. The molecule has 0 aliphatic heterocycles. The van der Waals surface area contributed by atoms with Gasteiger partial charge in [0.1, 0.15) is 5.82 Å². The van der Waals surface area contributed by atoms with Gasteiger partial charge in [-0.05, 0) is 6.07 Å². The van der Waals surface area contributed by atoms with Crippen molar-refractivity contribution in [1.29, 1.82) is 0 Å². The van der Waals surface area contributed by atoms with Gasteiger partial charge in [-0.2, -0.15) is 0 Å². The molecule has 4 nitrogen and oxygen atoms in total. The van der Waals surface area contributed by atoms with E-state index in [1.165, 1.54) is 0 Å². The first-order chi connectivity index (χ1) is 7.34. The lowest BCUT2D eigenvalue weighted by molar-refractivity contribution is -0.150. The van der Waals surface area contributed by atoms with Crippen LogP contribution in [0.15, 0.2) is 12.1 Å². The maximum Gasteiger partial charge on any atom is 0.322 e. The molecule has 0 bridgehead atoms. The van der Waals surface area contributed by atoms with Crippen molar-refractivity contribution in [3.63, 3.8) is 0 Å². The van der Waals surface area contributed by atoms with Crippen molar-refractivity contribution in [1.82, 2.24) is 0 Å². The van der Waals surface area contributed by atoms with Crippen LogP contribution in [0.5, 0.6) is 0 Å². The summed E-state index contributed by atoms with van der Waals surface area (Å²) in [7, 11) is 0. The van der Waals surface area contributed by atoms with Crippen molar-refractivity contribution in [3.05, 3.63) is 35.1 Å². The summed E-state index contributed by atoms with van der Waals surface area (Å²) < 4.78 is 38.3. The van der Waals surface area contributed by atoms with Crippen molar-refractivity contribution >= 4 is 11.9 Å². The van der Waals surface area contributed by atoms with E-state index in [2.05, 4.69) is 0 Å². The number of hydrogen-bond donors (Lipinski definition) is 2. The van der Waals surface area contributed by atoms with Crippen LogP contribution >= 0.6 is 0 Å². The van der Waals surface area contributed by atoms with E-state index in [0.29, 0.717) is 0 Å². The smallest absolute Gasteiger partial charge is 0.322 e. The number of halogens is 3. The van der Waals surface area contributed by atoms with Gasteiger partial charge in [-0.3, -0.25) is 9.59 Å². The van der Waals surface area contributed by atoms with Crippen molar-refractivity contribution in [2.24, 2.45) is 0 Å². The quantitative estimate of drug-likeness (QED) is 0.611. The largest absolute Gasteiger partial charge is 0.480 e. The van der Waals surface area contributed by atoms with Gasteiger partial charge in [0.25, 0.3) is 0 Å². The van der Waals surface area contributed by atoms with Crippen LogP contribution in [0, 0.1) is 17.5 Å². The molecular formula is C9H5F3O4. The molecule has 86 valence electrons. The maximum atomic E-state index is 13.1. The second-order valence-corrected chi connectivity index (χ2v) is 2.90. The summed E-state index contributed by atoms with van der Waals surface area (Å²) in [5.41, 5.74) is -0.932. The summed E-state index contributed by atoms with van der Waals surface area (Å²) in [4.78, 5) is 21.1. The fourth-order valence-corrected chi connectivity index (χ4v) is 1.13. The van der Waals surface area contributed by atoms with Crippen molar-refractivity contribution in [3.8, 4) is 0 Å². The van der Waals surface area contributed by atoms with Crippen LogP contribution in [0.3, 0.4) is 0 Å². The number of carboxylic acids is 2. The van der Waals surface area contributed by atoms with Crippen molar-refractivity contribution in [2.75, 3.05) is 0 Å². The van der Waals surface area contributed by atoms with E-state index in [9.17, 15) is 22.8 Å². The lowest BCUT2D eigenvalue weighted by atomic mass is 9.98. The van der Waals surface area contributed by atoms with Crippen LogP contribution in [-0.2, 0) is 9.59 Å². The van der Waals surface area contributed by atoms with Crippen LogP contribution in [0.25, 0.3) is 0 Å². The molecule has 1 aromatic carbocycles. The Bertz CT molecular complexity index is 444.